The van der Waals surface area contributed by atoms with Crippen LogP contribution in [0.2, 0.25) is 0 Å². The van der Waals surface area contributed by atoms with Gasteiger partial charge in [0.2, 0.25) is 0 Å². The zero-order valence-electron chi connectivity index (χ0n) is 26.1. The molecular formula is C40H28N6O3. The summed E-state index contributed by atoms with van der Waals surface area (Å²) in [6, 6.07) is 42.2. The van der Waals surface area contributed by atoms with Crippen molar-refractivity contribution in [2.75, 3.05) is 5.32 Å². The Bertz CT molecular complexity index is 2310. The van der Waals surface area contributed by atoms with Crippen molar-refractivity contribution in [1.82, 2.24) is 14.4 Å². The fourth-order valence-corrected chi connectivity index (χ4v) is 5.35. The summed E-state index contributed by atoms with van der Waals surface area (Å²) in [5.74, 6) is -0.218. The van der Waals surface area contributed by atoms with Gasteiger partial charge in [-0.3, -0.25) is 9.38 Å². The topological polar surface area (TPSA) is 125 Å². The molecule has 9 nitrogen and oxygen atoms in total. The van der Waals surface area contributed by atoms with Gasteiger partial charge in [-0.05, 0) is 70.8 Å². The quantitative estimate of drug-likeness (QED) is 0.113. The average molecular weight is 641 g/mol. The molecule has 0 radical (unpaired) electrons. The molecule has 0 saturated heterocycles. The number of anilines is 2. The molecule has 0 atom stereocenters. The Hall–Kier alpha value is -7.05. The number of oxime groups is 1. The van der Waals surface area contributed by atoms with Gasteiger partial charge in [0.25, 0.3) is 0 Å². The smallest absolute Gasteiger partial charge is 0.335 e. The standard InChI is InChI=1S/C40H28N6O3/c41-23-29-10-19-36(42-24-29)31-11-6-27(7-12-31)25-43-49-26-28-8-13-32(14-9-28)38-39(44-35-17-15-33(16-18-35)40(47)48)46-21-20-34(22-37(46)45-38)30-4-2-1-3-5-30/h1-22,24-25,44H,26H2,(H,47,48)/b43-25+. The first-order valence-corrected chi connectivity index (χ1v) is 15.4. The van der Waals surface area contributed by atoms with Crippen LogP contribution >= 0.6 is 0 Å². The van der Waals surface area contributed by atoms with Crippen LogP contribution in [-0.4, -0.2) is 31.7 Å². The van der Waals surface area contributed by atoms with Gasteiger partial charge in [0, 0.05) is 29.2 Å². The Morgan fingerprint density at radius 2 is 1.61 bits per heavy atom. The van der Waals surface area contributed by atoms with Crippen LogP contribution in [0.25, 0.3) is 39.3 Å². The van der Waals surface area contributed by atoms with Crippen molar-refractivity contribution >= 4 is 29.3 Å². The summed E-state index contributed by atoms with van der Waals surface area (Å²) in [5, 5.41) is 25.9. The minimum Gasteiger partial charge on any atom is -0.478 e. The van der Waals surface area contributed by atoms with Gasteiger partial charge < -0.3 is 15.3 Å². The highest BCUT2D eigenvalue weighted by Gasteiger charge is 2.16. The van der Waals surface area contributed by atoms with E-state index in [0.717, 1.165) is 61.9 Å². The number of imidazole rings is 1. The third-order valence-corrected chi connectivity index (χ3v) is 7.96. The number of carboxylic acid groups (broad SMARTS) is 1. The fraction of sp³-hybridized carbons (Fsp3) is 0.0250. The second-order valence-corrected chi connectivity index (χ2v) is 11.2. The van der Waals surface area contributed by atoms with Gasteiger partial charge in [-0.1, -0.05) is 84.0 Å². The summed E-state index contributed by atoms with van der Waals surface area (Å²) < 4.78 is 1.99. The molecule has 3 heterocycles. The van der Waals surface area contributed by atoms with E-state index in [1.54, 1.807) is 42.7 Å². The molecule has 0 aliphatic rings. The Morgan fingerprint density at radius 3 is 2.31 bits per heavy atom. The molecule has 0 amide bonds. The molecule has 0 fully saturated rings. The third kappa shape index (κ3) is 6.89. The zero-order chi connectivity index (χ0) is 33.6. The van der Waals surface area contributed by atoms with Crippen LogP contribution in [0.4, 0.5) is 11.5 Å². The van der Waals surface area contributed by atoms with Crippen LogP contribution in [-0.2, 0) is 11.4 Å². The number of carboxylic acids is 1. The predicted octanol–water partition coefficient (Wildman–Crippen LogP) is 8.59. The third-order valence-electron chi connectivity index (χ3n) is 7.96. The molecule has 0 aliphatic heterocycles. The normalized spacial score (nSPS) is 11.0. The number of pyridine rings is 2. The molecule has 2 N–H and O–H groups in total. The minimum atomic E-state index is -0.974. The molecule has 0 bridgehead atoms. The highest BCUT2D eigenvalue weighted by molar-refractivity contribution is 5.88. The Morgan fingerprint density at radius 1 is 0.857 bits per heavy atom. The molecule has 0 unspecified atom stereocenters. The van der Waals surface area contributed by atoms with Crippen molar-refractivity contribution in [2.24, 2.45) is 5.16 Å². The number of fused-ring (bicyclic) bond motifs is 1. The van der Waals surface area contributed by atoms with Crippen molar-refractivity contribution in [2.45, 2.75) is 6.61 Å². The van der Waals surface area contributed by atoms with Crippen LogP contribution in [0.15, 0.2) is 145 Å². The number of aromatic carboxylic acids is 1. The van der Waals surface area contributed by atoms with Crippen molar-refractivity contribution in [3.05, 3.63) is 162 Å². The van der Waals surface area contributed by atoms with E-state index in [2.05, 4.69) is 45.8 Å². The molecule has 7 aromatic rings. The van der Waals surface area contributed by atoms with Gasteiger partial charge in [-0.15, -0.1) is 0 Å². The van der Waals surface area contributed by atoms with Crippen LogP contribution in [0.3, 0.4) is 0 Å². The number of aromatic nitrogens is 3. The first-order chi connectivity index (χ1) is 24.0. The summed E-state index contributed by atoms with van der Waals surface area (Å²) in [4.78, 5) is 26.3. The number of nitriles is 1. The lowest BCUT2D eigenvalue weighted by molar-refractivity contribution is 0.0697. The van der Waals surface area contributed by atoms with Crippen LogP contribution in [0, 0.1) is 11.3 Å². The van der Waals surface area contributed by atoms with Crippen molar-refractivity contribution < 1.29 is 14.7 Å². The van der Waals surface area contributed by atoms with Gasteiger partial charge in [0.1, 0.15) is 29.8 Å². The molecule has 49 heavy (non-hydrogen) atoms. The van der Waals surface area contributed by atoms with E-state index in [0.29, 0.717) is 5.56 Å². The Labute approximate surface area is 282 Å². The zero-order valence-corrected chi connectivity index (χ0v) is 26.1. The highest BCUT2D eigenvalue weighted by Crippen LogP contribution is 2.33. The van der Waals surface area contributed by atoms with Gasteiger partial charge >= 0.3 is 5.97 Å². The average Bonchev–Trinajstić information content (AvgIpc) is 3.51. The lowest BCUT2D eigenvalue weighted by Gasteiger charge is -2.10. The summed E-state index contributed by atoms with van der Waals surface area (Å²) in [7, 11) is 0. The number of hydrogen-bond donors (Lipinski definition) is 2. The van der Waals surface area contributed by atoms with Gasteiger partial charge in [0.15, 0.2) is 0 Å². The molecule has 7 rings (SSSR count). The van der Waals surface area contributed by atoms with Crippen molar-refractivity contribution in [3.63, 3.8) is 0 Å². The Kier molecular flexibility index (Phi) is 8.58. The van der Waals surface area contributed by atoms with Gasteiger partial charge in [0.05, 0.1) is 23.0 Å². The summed E-state index contributed by atoms with van der Waals surface area (Å²) in [6.07, 6.45) is 5.20. The second kappa shape index (κ2) is 13.7. The summed E-state index contributed by atoms with van der Waals surface area (Å²) in [6.45, 7) is 0.288. The number of nitrogens with zero attached hydrogens (tertiary/aromatic N) is 5. The van der Waals surface area contributed by atoms with Gasteiger partial charge in [-0.2, -0.15) is 5.26 Å². The first kappa shape index (κ1) is 30.6. The van der Waals surface area contributed by atoms with E-state index in [1.807, 2.05) is 83.4 Å². The summed E-state index contributed by atoms with van der Waals surface area (Å²) in [5.41, 5.74) is 9.60. The van der Waals surface area contributed by atoms with Crippen molar-refractivity contribution in [3.8, 4) is 39.7 Å². The monoisotopic (exact) mass is 640 g/mol. The van der Waals surface area contributed by atoms with Crippen LogP contribution < -0.4 is 5.32 Å². The SMILES string of the molecule is N#Cc1ccc(-c2ccc(/C=N/OCc3ccc(-c4nc5cc(-c6ccccc6)ccn5c4Nc4ccc(C(=O)O)cc4)cc3)cc2)nc1. The number of rotatable bonds is 10. The Balaban J connectivity index is 1.08. The highest BCUT2D eigenvalue weighted by atomic mass is 16.6. The predicted molar refractivity (Wildman–Crippen MR) is 190 cm³/mol. The molecule has 4 aromatic carbocycles. The number of nitrogens with one attached hydrogen (secondary N) is 1. The molecule has 0 spiro atoms. The van der Waals surface area contributed by atoms with Crippen LogP contribution in [0.1, 0.15) is 27.0 Å². The van der Waals surface area contributed by atoms with E-state index in [-0.39, 0.29) is 12.2 Å². The maximum Gasteiger partial charge on any atom is 0.335 e. The summed E-state index contributed by atoms with van der Waals surface area (Å²) >= 11 is 0. The van der Waals surface area contributed by atoms with E-state index in [4.69, 9.17) is 15.1 Å². The molecule has 9 heteroatoms. The fourth-order valence-electron chi connectivity index (χ4n) is 5.35. The van der Waals surface area contributed by atoms with E-state index in [1.165, 1.54) is 0 Å². The second-order valence-electron chi connectivity index (χ2n) is 11.2. The molecular weight excluding hydrogens is 612 g/mol. The molecule has 3 aromatic heterocycles. The van der Waals surface area contributed by atoms with E-state index >= 15 is 0 Å². The molecule has 236 valence electrons. The molecule has 0 aliphatic carbocycles. The minimum absolute atomic E-state index is 0.216. The van der Waals surface area contributed by atoms with Crippen molar-refractivity contribution in [1.29, 1.82) is 5.26 Å². The lowest BCUT2D eigenvalue weighted by Crippen LogP contribution is -1.99. The van der Waals surface area contributed by atoms with Gasteiger partial charge in [-0.25, -0.2) is 9.78 Å². The van der Waals surface area contributed by atoms with E-state index in [9.17, 15) is 9.90 Å². The number of benzene rings is 4. The maximum absolute atomic E-state index is 11.4. The van der Waals surface area contributed by atoms with Crippen LogP contribution in [0.5, 0.6) is 0 Å². The number of carbonyl (C=O) groups is 1. The molecule has 0 saturated carbocycles. The lowest BCUT2D eigenvalue weighted by atomic mass is 10.1. The first-order valence-electron chi connectivity index (χ1n) is 15.4. The largest absolute Gasteiger partial charge is 0.478 e. The maximum atomic E-state index is 11.4. The van der Waals surface area contributed by atoms with E-state index < -0.39 is 5.97 Å². The number of hydrogen-bond acceptors (Lipinski definition) is 7.